The number of nitrogens with one attached hydrogen (secondary N) is 1. The van der Waals surface area contributed by atoms with Crippen molar-refractivity contribution in [3.05, 3.63) is 69.8 Å². The zero-order valence-corrected chi connectivity index (χ0v) is 14.0. The zero-order valence-electron chi connectivity index (χ0n) is 14.0. The average Bonchev–Trinajstić information content (AvgIpc) is 2.46. The van der Waals surface area contributed by atoms with E-state index in [0.29, 0.717) is 6.04 Å². The minimum absolute atomic E-state index is 0.376. The van der Waals surface area contributed by atoms with Crippen LogP contribution in [0.25, 0.3) is 0 Å². The Hall–Kier alpha value is -1.60. The van der Waals surface area contributed by atoms with E-state index in [-0.39, 0.29) is 0 Å². The van der Waals surface area contributed by atoms with Crippen LogP contribution in [0.4, 0.5) is 0 Å². The molecule has 21 heavy (non-hydrogen) atoms. The van der Waals surface area contributed by atoms with Gasteiger partial charge in [0, 0.05) is 6.04 Å². The fourth-order valence-corrected chi connectivity index (χ4v) is 3.30. The first-order chi connectivity index (χ1) is 10.1. The van der Waals surface area contributed by atoms with Crippen LogP contribution in [0.15, 0.2) is 36.4 Å². The molecule has 0 aliphatic rings. The van der Waals surface area contributed by atoms with Gasteiger partial charge < -0.3 is 5.32 Å². The van der Waals surface area contributed by atoms with Crippen LogP contribution in [0.5, 0.6) is 0 Å². The van der Waals surface area contributed by atoms with E-state index in [9.17, 15) is 0 Å². The summed E-state index contributed by atoms with van der Waals surface area (Å²) < 4.78 is 0. The largest absolute Gasteiger partial charge is 0.313 e. The predicted octanol–water partition coefficient (Wildman–Crippen LogP) is 4.68. The number of rotatable bonds is 5. The Bertz CT molecular complexity index is 590. The fraction of sp³-hybridized carbons (Fsp3) is 0.400. The van der Waals surface area contributed by atoms with Gasteiger partial charge in [0.05, 0.1) is 0 Å². The van der Waals surface area contributed by atoms with Gasteiger partial charge >= 0.3 is 0 Å². The van der Waals surface area contributed by atoms with Crippen LogP contribution in [0, 0.1) is 20.8 Å². The summed E-state index contributed by atoms with van der Waals surface area (Å²) in [6.45, 7) is 8.86. The van der Waals surface area contributed by atoms with Crippen LogP contribution in [0.3, 0.4) is 0 Å². The van der Waals surface area contributed by atoms with Crippen molar-refractivity contribution >= 4 is 0 Å². The molecule has 1 nitrogen and oxygen atoms in total. The molecule has 0 fully saturated rings. The Balaban J connectivity index is 2.36. The molecule has 0 saturated carbocycles. The monoisotopic (exact) mass is 281 g/mol. The summed E-state index contributed by atoms with van der Waals surface area (Å²) in [4.78, 5) is 0. The molecular weight excluding hydrogens is 254 g/mol. The van der Waals surface area contributed by atoms with E-state index < -0.39 is 0 Å². The van der Waals surface area contributed by atoms with Crippen molar-refractivity contribution in [3.8, 4) is 0 Å². The van der Waals surface area contributed by atoms with Gasteiger partial charge in [0.2, 0.25) is 0 Å². The topological polar surface area (TPSA) is 12.0 Å². The molecule has 2 aromatic carbocycles. The molecular formula is C20H27N. The minimum atomic E-state index is 0.376. The maximum absolute atomic E-state index is 3.51. The van der Waals surface area contributed by atoms with E-state index in [1.165, 1.54) is 33.4 Å². The quantitative estimate of drug-likeness (QED) is 0.839. The average molecular weight is 281 g/mol. The molecule has 0 aliphatic carbocycles. The number of benzene rings is 2. The summed E-state index contributed by atoms with van der Waals surface area (Å²) in [5.74, 6) is 0. The number of aryl methyl sites for hydroxylation is 4. The van der Waals surface area contributed by atoms with Crippen molar-refractivity contribution < 1.29 is 0 Å². The lowest BCUT2D eigenvalue weighted by atomic mass is 9.89. The molecule has 0 saturated heterocycles. The van der Waals surface area contributed by atoms with Crippen LogP contribution in [0.1, 0.15) is 46.3 Å². The summed E-state index contributed by atoms with van der Waals surface area (Å²) in [5.41, 5.74) is 8.51. The van der Waals surface area contributed by atoms with Gasteiger partial charge in [-0.2, -0.15) is 0 Å². The van der Waals surface area contributed by atoms with E-state index in [1.807, 2.05) is 0 Å². The molecule has 0 radical (unpaired) electrons. The molecule has 0 spiro atoms. The Morgan fingerprint density at radius 3 is 2.19 bits per heavy atom. The van der Waals surface area contributed by atoms with Crippen molar-refractivity contribution in [2.24, 2.45) is 0 Å². The molecule has 1 N–H and O–H groups in total. The van der Waals surface area contributed by atoms with Crippen molar-refractivity contribution in [2.75, 3.05) is 7.05 Å². The predicted molar refractivity (Wildman–Crippen MR) is 92.0 cm³/mol. The van der Waals surface area contributed by atoms with Gasteiger partial charge in [0.25, 0.3) is 0 Å². The van der Waals surface area contributed by atoms with Crippen LogP contribution in [-0.2, 0) is 12.8 Å². The lowest BCUT2D eigenvalue weighted by Gasteiger charge is -2.22. The number of likely N-dealkylation sites (N-methyl/N-ethyl adjacent to an activating group) is 1. The first-order valence-electron chi connectivity index (χ1n) is 7.88. The van der Waals surface area contributed by atoms with Gasteiger partial charge in [0.15, 0.2) is 0 Å². The van der Waals surface area contributed by atoms with E-state index >= 15 is 0 Å². The third-order valence-electron chi connectivity index (χ3n) is 4.41. The van der Waals surface area contributed by atoms with E-state index in [4.69, 9.17) is 0 Å². The van der Waals surface area contributed by atoms with Gasteiger partial charge in [-0.3, -0.25) is 0 Å². The molecule has 2 rings (SSSR count). The number of hydrogen-bond donors (Lipinski definition) is 1. The highest BCUT2D eigenvalue weighted by atomic mass is 14.9. The molecule has 1 atom stereocenters. The Kier molecular flexibility index (Phi) is 5.19. The second kappa shape index (κ2) is 6.91. The lowest BCUT2D eigenvalue weighted by Crippen LogP contribution is -2.21. The lowest BCUT2D eigenvalue weighted by molar-refractivity contribution is 0.584. The van der Waals surface area contributed by atoms with Crippen molar-refractivity contribution in [3.63, 3.8) is 0 Å². The van der Waals surface area contributed by atoms with Crippen LogP contribution in [0.2, 0.25) is 0 Å². The first kappa shape index (κ1) is 15.8. The van der Waals surface area contributed by atoms with Crippen LogP contribution < -0.4 is 5.32 Å². The molecule has 0 aromatic heterocycles. The molecule has 112 valence electrons. The van der Waals surface area contributed by atoms with Gasteiger partial charge in [0.1, 0.15) is 0 Å². The highest BCUT2D eigenvalue weighted by molar-refractivity contribution is 5.40. The second-order valence-corrected chi connectivity index (χ2v) is 5.98. The maximum Gasteiger partial charge on any atom is 0.0361 e. The summed E-state index contributed by atoms with van der Waals surface area (Å²) in [6, 6.07) is 13.8. The first-order valence-corrected chi connectivity index (χ1v) is 7.88. The van der Waals surface area contributed by atoms with E-state index in [1.54, 1.807) is 0 Å². The zero-order chi connectivity index (χ0) is 15.4. The van der Waals surface area contributed by atoms with Crippen molar-refractivity contribution in [1.82, 2.24) is 5.32 Å². The molecule has 0 amide bonds. The van der Waals surface area contributed by atoms with Crippen LogP contribution in [-0.4, -0.2) is 7.05 Å². The van der Waals surface area contributed by atoms with Gasteiger partial charge in [-0.1, -0.05) is 48.9 Å². The van der Waals surface area contributed by atoms with Gasteiger partial charge in [-0.05, 0) is 68.5 Å². The second-order valence-electron chi connectivity index (χ2n) is 5.98. The Labute approximate surface area is 129 Å². The Morgan fingerprint density at radius 2 is 1.62 bits per heavy atom. The summed E-state index contributed by atoms with van der Waals surface area (Å²) in [6.07, 6.45) is 2.13. The standard InChI is InChI=1S/C20H27N/c1-6-17-9-7-8-10-18(17)20(21-5)13-19-15(3)11-14(2)12-16(19)4/h7-12,20-21H,6,13H2,1-5H3. The minimum Gasteiger partial charge on any atom is -0.313 e. The molecule has 1 unspecified atom stereocenters. The smallest absolute Gasteiger partial charge is 0.0361 e. The Morgan fingerprint density at radius 1 is 1.00 bits per heavy atom. The molecule has 0 aliphatic heterocycles. The number of hydrogen-bond acceptors (Lipinski definition) is 1. The van der Waals surface area contributed by atoms with Gasteiger partial charge in [-0.25, -0.2) is 0 Å². The third-order valence-corrected chi connectivity index (χ3v) is 4.41. The molecule has 1 heteroatoms. The third kappa shape index (κ3) is 3.54. The summed E-state index contributed by atoms with van der Waals surface area (Å²) >= 11 is 0. The highest BCUT2D eigenvalue weighted by Crippen LogP contribution is 2.26. The maximum atomic E-state index is 3.51. The molecule has 0 heterocycles. The molecule has 2 aromatic rings. The van der Waals surface area contributed by atoms with E-state index in [2.05, 4.69) is 76.5 Å². The summed E-state index contributed by atoms with van der Waals surface area (Å²) in [7, 11) is 2.07. The molecule has 0 bridgehead atoms. The van der Waals surface area contributed by atoms with Gasteiger partial charge in [-0.15, -0.1) is 0 Å². The fourth-order valence-electron chi connectivity index (χ4n) is 3.30. The highest BCUT2D eigenvalue weighted by Gasteiger charge is 2.15. The van der Waals surface area contributed by atoms with E-state index in [0.717, 1.165) is 12.8 Å². The van der Waals surface area contributed by atoms with Crippen molar-refractivity contribution in [1.29, 1.82) is 0 Å². The van der Waals surface area contributed by atoms with Crippen molar-refractivity contribution in [2.45, 2.75) is 46.6 Å². The SMILES string of the molecule is CCc1ccccc1C(Cc1c(C)cc(C)cc1C)NC. The van der Waals surface area contributed by atoms with Crippen LogP contribution >= 0.6 is 0 Å². The normalized spacial score (nSPS) is 12.4. The summed E-state index contributed by atoms with van der Waals surface area (Å²) in [5, 5.41) is 3.51.